The van der Waals surface area contributed by atoms with Crippen LogP contribution in [0.15, 0.2) is 23.1 Å². The number of amides is 1. The van der Waals surface area contributed by atoms with E-state index in [1.54, 1.807) is 11.8 Å². The van der Waals surface area contributed by atoms with E-state index in [4.69, 9.17) is 11.6 Å². The fourth-order valence-electron chi connectivity index (χ4n) is 2.93. The number of nitrogens with zero attached hydrogens (tertiary/aromatic N) is 1. The van der Waals surface area contributed by atoms with Gasteiger partial charge in [-0.1, -0.05) is 24.9 Å². The van der Waals surface area contributed by atoms with E-state index >= 15 is 0 Å². The molecule has 28 heavy (non-hydrogen) atoms. The number of hydrogen-bond acceptors (Lipinski definition) is 5. The highest BCUT2D eigenvalue weighted by atomic mass is 35.5. The summed E-state index contributed by atoms with van der Waals surface area (Å²) in [5.74, 6) is -0.402. The van der Waals surface area contributed by atoms with E-state index < -0.39 is 27.9 Å². The van der Waals surface area contributed by atoms with Gasteiger partial charge in [-0.15, -0.1) is 0 Å². The Bertz CT molecular complexity index is 810. The lowest BCUT2D eigenvalue weighted by atomic mass is 10.1. The van der Waals surface area contributed by atoms with Crippen molar-refractivity contribution in [2.75, 3.05) is 24.6 Å². The third-order valence-electron chi connectivity index (χ3n) is 4.49. The van der Waals surface area contributed by atoms with Crippen LogP contribution in [-0.2, 0) is 14.8 Å². The van der Waals surface area contributed by atoms with Crippen molar-refractivity contribution in [1.29, 1.82) is 0 Å². The molecule has 0 spiro atoms. The summed E-state index contributed by atoms with van der Waals surface area (Å²) < 4.78 is 27.1. The number of thioether (sulfide) groups is 1. The summed E-state index contributed by atoms with van der Waals surface area (Å²) in [5.41, 5.74) is -0.0471. The van der Waals surface area contributed by atoms with Gasteiger partial charge in [0.15, 0.2) is 0 Å². The van der Waals surface area contributed by atoms with Gasteiger partial charge in [-0.25, -0.2) is 13.2 Å². The zero-order valence-electron chi connectivity index (χ0n) is 15.7. The summed E-state index contributed by atoms with van der Waals surface area (Å²) >= 11 is 7.67. The maximum Gasteiger partial charge on any atom is 0.326 e. The van der Waals surface area contributed by atoms with E-state index in [0.717, 1.165) is 25.0 Å². The summed E-state index contributed by atoms with van der Waals surface area (Å²) in [7, 11) is -3.72. The molecule has 0 saturated carbocycles. The second kappa shape index (κ2) is 10.5. The number of carboxylic acid groups (broad SMARTS) is 1. The van der Waals surface area contributed by atoms with E-state index in [-0.39, 0.29) is 21.9 Å². The smallest absolute Gasteiger partial charge is 0.326 e. The number of hydrogen-bond donors (Lipinski definition) is 2. The summed E-state index contributed by atoms with van der Waals surface area (Å²) in [5, 5.41) is 11.8. The number of sulfonamides is 1. The SMILES string of the molecule is CCSCCC(NC(=O)c1cc(S(=O)(=O)N2CCCCC2)ccc1Cl)C(=O)O. The van der Waals surface area contributed by atoms with Crippen molar-refractivity contribution in [3.63, 3.8) is 0 Å². The van der Waals surface area contributed by atoms with E-state index in [0.29, 0.717) is 18.8 Å². The van der Waals surface area contributed by atoms with Crippen LogP contribution in [0.4, 0.5) is 0 Å². The Morgan fingerprint density at radius 2 is 1.96 bits per heavy atom. The Hall–Kier alpha value is -1.29. The Morgan fingerprint density at radius 3 is 2.57 bits per heavy atom. The van der Waals surface area contributed by atoms with Crippen molar-refractivity contribution in [2.24, 2.45) is 0 Å². The monoisotopic (exact) mass is 448 g/mol. The minimum Gasteiger partial charge on any atom is -0.480 e. The Morgan fingerprint density at radius 1 is 1.29 bits per heavy atom. The molecule has 1 fully saturated rings. The number of halogens is 1. The van der Waals surface area contributed by atoms with Crippen molar-refractivity contribution in [2.45, 2.75) is 43.5 Å². The molecule has 1 heterocycles. The topological polar surface area (TPSA) is 104 Å². The molecule has 156 valence electrons. The van der Waals surface area contributed by atoms with Gasteiger partial charge >= 0.3 is 5.97 Å². The molecule has 2 rings (SSSR count). The lowest BCUT2D eigenvalue weighted by Gasteiger charge is -2.26. The first kappa shape index (κ1) is 23.0. The summed E-state index contributed by atoms with van der Waals surface area (Å²) in [6.07, 6.45) is 2.86. The molecule has 0 radical (unpaired) electrons. The molecule has 1 aliphatic heterocycles. The summed E-state index contributed by atoms with van der Waals surface area (Å²) in [4.78, 5) is 24.0. The molecule has 0 bridgehead atoms. The minimum atomic E-state index is -3.72. The number of piperidine rings is 1. The molecule has 10 heteroatoms. The van der Waals surface area contributed by atoms with Gasteiger partial charge in [-0.05, 0) is 49.0 Å². The molecule has 1 amide bonds. The second-order valence-corrected chi connectivity index (χ2v) is 10.2. The van der Waals surface area contributed by atoms with Gasteiger partial charge in [-0.2, -0.15) is 16.1 Å². The predicted octanol–water partition coefficient (Wildman–Crippen LogP) is 2.84. The Balaban J connectivity index is 2.21. The van der Waals surface area contributed by atoms with Crippen LogP contribution in [-0.4, -0.2) is 60.3 Å². The number of carboxylic acids is 1. The number of rotatable bonds is 9. The fraction of sp³-hybridized carbons (Fsp3) is 0.556. The largest absolute Gasteiger partial charge is 0.480 e. The highest BCUT2D eigenvalue weighted by molar-refractivity contribution is 7.99. The van der Waals surface area contributed by atoms with Gasteiger partial charge in [0.25, 0.3) is 5.91 Å². The molecule has 2 N–H and O–H groups in total. The summed E-state index contributed by atoms with van der Waals surface area (Å²) in [6, 6.07) is 2.89. The first-order valence-electron chi connectivity index (χ1n) is 9.18. The number of benzene rings is 1. The highest BCUT2D eigenvalue weighted by Crippen LogP contribution is 2.25. The third kappa shape index (κ3) is 5.85. The molecular formula is C18H25ClN2O5S2. The van der Waals surface area contributed by atoms with Gasteiger partial charge in [0.2, 0.25) is 10.0 Å². The molecular weight excluding hydrogens is 424 g/mol. The maximum atomic E-state index is 12.8. The molecule has 7 nitrogen and oxygen atoms in total. The number of carbonyl (C=O) groups is 2. The molecule has 1 aromatic rings. The average Bonchev–Trinajstić information content (AvgIpc) is 2.68. The fourth-order valence-corrected chi connectivity index (χ4v) is 5.37. The van der Waals surface area contributed by atoms with Crippen LogP contribution in [0.2, 0.25) is 5.02 Å². The molecule has 1 atom stereocenters. The Labute approximate surface area is 174 Å². The third-order valence-corrected chi connectivity index (χ3v) is 7.65. The molecule has 1 unspecified atom stereocenters. The van der Waals surface area contributed by atoms with Crippen LogP contribution >= 0.6 is 23.4 Å². The first-order chi connectivity index (χ1) is 13.3. The quantitative estimate of drug-likeness (QED) is 0.563. The van der Waals surface area contributed by atoms with E-state index in [9.17, 15) is 23.1 Å². The van der Waals surface area contributed by atoms with Crippen LogP contribution < -0.4 is 5.32 Å². The van der Waals surface area contributed by atoms with Crippen LogP contribution in [0.25, 0.3) is 0 Å². The Kier molecular flexibility index (Phi) is 8.60. The zero-order chi connectivity index (χ0) is 20.7. The maximum absolute atomic E-state index is 12.8. The van der Waals surface area contributed by atoms with Gasteiger partial charge in [0.05, 0.1) is 15.5 Å². The number of aliphatic carboxylic acids is 1. The number of carbonyl (C=O) groups excluding carboxylic acids is 1. The van der Waals surface area contributed by atoms with E-state index in [2.05, 4.69) is 5.32 Å². The van der Waals surface area contributed by atoms with E-state index in [1.807, 2.05) is 6.92 Å². The average molecular weight is 449 g/mol. The molecule has 0 aliphatic carbocycles. The zero-order valence-corrected chi connectivity index (χ0v) is 18.1. The molecule has 1 aliphatic rings. The molecule has 0 aromatic heterocycles. The first-order valence-corrected chi connectivity index (χ1v) is 12.2. The number of nitrogens with one attached hydrogen (secondary N) is 1. The van der Waals surface area contributed by atoms with E-state index in [1.165, 1.54) is 22.5 Å². The van der Waals surface area contributed by atoms with Crippen LogP contribution in [0, 0.1) is 0 Å². The van der Waals surface area contributed by atoms with Crippen molar-refractivity contribution in [1.82, 2.24) is 9.62 Å². The van der Waals surface area contributed by atoms with Gasteiger partial charge in [0, 0.05) is 13.1 Å². The lowest BCUT2D eigenvalue weighted by molar-refractivity contribution is -0.139. The van der Waals surface area contributed by atoms with Crippen LogP contribution in [0.1, 0.15) is 43.0 Å². The van der Waals surface area contributed by atoms with Gasteiger partial charge < -0.3 is 10.4 Å². The molecule has 1 aromatic carbocycles. The standard InChI is InChI=1S/C18H25ClN2O5S2/c1-2-27-11-8-16(18(23)24)20-17(22)14-12-13(6-7-15(14)19)28(25,26)21-9-4-3-5-10-21/h6-7,12,16H,2-5,8-11H2,1H3,(H,20,22)(H,23,24). The van der Waals surface area contributed by atoms with Crippen molar-refractivity contribution < 1.29 is 23.1 Å². The van der Waals surface area contributed by atoms with Crippen molar-refractivity contribution in [3.8, 4) is 0 Å². The summed E-state index contributed by atoms with van der Waals surface area (Å²) in [6.45, 7) is 2.86. The highest BCUT2D eigenvalue weighted by Gasteiger charge is 2.28. The van der Waals surface area contributed by atoms with Crippen molar-refractivity contribution >= 4 is 45.3 Å². The van der Waals surface area contributed by atoms with Crippen molar-refractivity contribution in [3.05, 3.63) is 28.8 Å². The van der Waals surface area contributed by atoms with Crippen LogP contribution in [0.3, 0.4) is 0 Å². The molecule has 1 saturated heterocycles. The normalized spacial score (nSPS) is 16.5. The van der Waals surface area contributed by atoms with Crippen LogP contribution in [0.5, 0.6) is 0 Å². The second-order valence-electron chi connectivity index (χ2n) is 6.46. The predicted molar refractivity (Wildman–Crippen MR) is 111 cm³/mol. The lowest BCUT2D eigenvalue weighted by Crippen LogP contribution is -2.41. The van der Waals surface area contributed by atoms with Gasteiger partial charge in [-0.3, -0.25) is 4.79 Å². The van der Waals surface area contributed by atoms with Gasteiger partial charge in [0.1, 0.15) is 6.04 Å². The minimum absolute atomic E-state index is 0.0163.